The lowest BCUT2D eigenvalue weighted by atomic mass is 10.2. The van der Waals surface area contributed by atoms with Gasteiger partial charge in [0, 0.05) is 11.3 Å². The topological polar surface area (TPSA) is 54.9 Å². The van der Waals surface area contributed by atoms with E-state index in [0.717, 1.165) is 34.6 Å². The highest BCUT2D eigenvalue weighted by Gasteiger charge is 2.27. The lowest BCUT2D eigenvalue weighted by molar-refractivity contribution is -0.113. The lowest BCUT2D eigenvalue weighted by Crippen LogP contribution is -2.15. The van der Waals surface area contributed by atoms with Gasteiger partial charge in [0.05, 0.1) is 17.0 Å². The Morgan fingerprint density at radius 1 is 1.12 bits per heavy atom. The summed E-state index contributed by atoms with van der Waals surface area (Å²) in [7, 11) is 0. The first kappa shape index (κ1) is 16.0. The van der Waals surface area contributed by atoms with Crippen molar-refractivity contribution in [2.24, 2.45) is 0 Å². The fraction of sp³-hybridized carbons (Fsp3) is 0.211. The van der Waals surface area contributed by atoms with Gasteiger partial charge in [0.2, 0.25) is 5.91 Å². The SMILES string of the molecule is O=C(CSc1nc(C2CC2)nc2ccccc12)Nc1ccccc1F. The zero-order valence-corrected chi connectivity index (χ0v) is 14.2. The number of rotatable bonds is 5. The fourth-order valence-corrected chi connectivity index (χ4v) is 3.41. The standard InChI is InChI=1S/C19H16FN3OS/c20-14-6-2-4-8-16(14)21-17(24)11-25-19-13-5-1-3-7-15(13)22-18(23-19)12-9-10-12/h1-8,12H,9-11H2,(H,21,24). The number of aromatic nitrogens is 2. The van der Waals surface area contributed by atoms with E-state index in [1.165, 1.54) is 17.8 Å². The van der Waals surface area contributed by atoms with E-state index in [0.29, 0.717) is 5.92 Å². The predicted octanol–water partition coefficient (Wildman–Crippen LogP) is 4.38. The van der Waals surface area contributed by atoms with Gasteiger partial charge in [-0.3, -0.25) is 4.79 Å². The Kier molecular flexibility index (Phi) is 4.36. The monoisotopic (exact) mass is 353 g/mol. The van der Waals surface area contributed by atoms with Crippen molar-refractivity contribution < 1.29 is 9.18 Å². The molecule has 25 heavy (non-hydrogen) atoms. The molecule has 1 amide bonds. The molecule has 1 fully saturated rings. The molecule has 4 rings (SSSR count). The molecule has 1 N–H and O–H groups in total. The van der Waals surface area contributed by atoms with E-state index in [-0.39, 0.29) is 17.3 Å². The Labute approximate surface area is 148 Å². The highest BCUT2D eigenvalue weighted by atomic mass is 32.2. The van der Waals surface area contributed by atoms with Crippen molar-refractivity contribution in [3.63, 3.8) is 0 Å². The van der Waals surface area contributed by atoms with Gasteiger partial charge < -0.3 is 5.32 Å². The van der Waals surface area contributed by atoms with Crippen molar-refractivity contribution >= 4 is 34.3 Å². The number of nitrogens with zero attached hydrogens (tertiary/aromatic N) is 2. The van der Waals surface area contributed by atoms with Crippen molar-refractivity contribution in [2.75, 3.05) is 11.1 Å². The van der Waals surface area contributed by atoms with Crippen LogP contribution in [0.2, 0.25) is 0 Å². The molecule has 0 radical (unpaired) electrons. The van der Waals surface area contributed by atoms with Crippen LogP contribution < -0.4 is 5.32 Å². The number of carbonyl (C=O) groups is 1. The molecule has 3 aromatic rings. The molecule has 0 aliphatic heterocycles. The molecule has 0 atom stereocenters. The van der Waals surface area contributed by atoms with E-state index in [2.05, 4.69) is 15.3 Å². The maximum atomic E-state index is 13.6. The number of thioether (sulfide) groups is 1. The average molecular weight is 353 g/mol. The molecule has 126 valence electrons. The molecule has 0 saturated heterocycles. The van der Waals surface area contributed by atoms with Gasteiger partial charge in [-0.15, -0.1) is 0 Å². The van der Waals surface area contributed by atoms with Crippen molar-refractivity contribution in [1.82, 2.24) is 9.97 Å². The Bertz CT molecular complexity index is 943. The van der Waals surface area contributed by atoms with Crippen LogP contribution in [0.4, 0.5) is 10.1 Å². The first-order valence-electron chi connectivity index (χ1n) is 8.14. The normalized spacial score (nSPS) is 13.8. The smallest absolute Gasteiger partial charge is 0.234 e. The van der Waals surface area contributed by atoms with Crippen LogP contribution in [0.25, 0.3) is 10.9 Å². The van der Waals surface area contributed by atoms with Gasteiger partial charge in [0.1, 0.15) is 16.7 Å². The Balaban J connectivity index is 1.52. The fourth-order valence-electron chi connectivity index (χ4n) is 2.58. The van der Waals surface area contributed by atoms with Gasteiger partial charge in [-0.2, -0.15) is 0 Å². The number of benzene rings is 2. The average Bonchev–Trinajstić information content (AvgIpc) is 3.46. The second-order valence-electron chi connectivity index (χ2n) is 6.00. The molecule has 1 aliphatic rings. The summed E-state index contributed by atoms with van der Waals surface area (Å²) in [5, 5.41) is 4.34. The molecule has 0 unspecified atom stereocenters. The Morgan fingerprint density at radius 2 is 1.88 bits per heavy atom. The molecule has 2 aromatic carbocycles. The molecular formula is C19H16FN3OS. The Morgan fingerprint density at radius 3 is 2.68 bits per heavy atom. The number of halogens is 1. The second kappa shape index (κ2) is 6.80. The van der Waals surface area contributed by atoms with E-state index in [4.69, 9.17) is 0 Å². The van der Waals surface area contributed by atoms with E-state index in [1.807, 2.05) is 24.3 Å². The van der Waals surface area contributed by atoms with Gasteiger partial charge in [-0.25, -0.2) is 14.4 Å². The molecular weight excluding hydrogens is 337 g/mol. The number of para-hydroxylation sites is 2. The van der Waals surface area contributed by atoms with Crippen LogP contribution in [-0.2, 0) is 4.79 Å². The van der Waals surface area contributed by atoms with Crippen LogP contribution in [0.3, 0.4) is 0 Å². The van der Waals surface area contributed by atoms with E-state index in [9.17, 15) is 9.18 Å². The first-order chi connectivity index (χ1) is 12.2. The van der Waals surface area contributed by atoms with Crippen molar-refractivity contribution in [3.8, 4) is 0 Å². The van der Waals surface area contributed by atoms with E-state index < -0.39 is 5.82 Å². The minimum Gasteiger partial charge on any atom is -0.323 e. The summed E-state index contributed by atoms with van der Waals surface area (Å²) in [5.74, 6) is 0.765. The number of carbonyl (C=O) groups excluding carboxylic acids is 1. The highest BCUT2D eigenvalue weighted by molar-refractivity contribution is 8.00. The van der Waals surface area contributed by atoms with Crippen molar-refractivity contribution in [1.29, 1.82) is 0 Å². The van der Waals surface area contributed by atoms with E-state index >= 15 is 0 Å². The van der Waals surface area contributed by atoms with E-state index in [1.54, 1.807) is 18.2 Å². The molecule has 0 spiro atoms. The molecule has 0 bridgehead atoms. The van der Waals surface area contributed by atoms with Crippen LogP contribution >= 0.6 is 11.8 Å². The maximum Gasteiger partial charge on any atom is 0.234 e. The molecule has 6 heteroatoms. The minimum atomic E-state index is -0.440. The molecule has 1 saturated carbocycles. The summed E-state index contributed by atoms with van der Waals surface area (Å²) < 4.78 is 13.6. The molecule has 1 heterocycles. The number of nitrogens with one attached hydrogen (secondary N) is 1. The molecule has 1 aliphatic carbocycles. The number of hydrogen-bond donors (Lipinski definition) is 1. The largest absolute Gasteiger partial charge is 0.323 e. The number of amides is 1. The Hall–Kier alpha value is -2.47. The summed E-state index contributed by atoms with van der Waals surface area (Å²) in [5.41, 5.74) is 1.09. The van der Waals surface area contributed by atoms with Gasteiger partial charge in [0.15, 0.2) is 0 Å². The second-order valence-corrected chi connectivity index (χ2v) is 6.96. The van der Waals surface area contributed by atoms with Gasteiger partial charge in [-0.05, 0) is 31.0 Å². The summed E-state index contributed by atoms with van der Waals surface area (Å²) in [4.78, 5) is 21.5. The third kappa shape index (κ3) is 3.64. The van der Waals surface area contributed by atoms with Crippen LogP contribution in [0.15, 0.2) is 53.6 Å². The van der Waals surface area contributed by atoms with Gasteiger partial charge in [0.25, 0.3) is 0 Å². The van der Waals surface area contributed by atoms with Crippen molar-refractivity contribution in [3.05, 3.63) is 60.2 Å². The zero-order chi connectivity index (χ0) is 17.2. The van der Waals surface area contributed by atoms with Crippen LogP contribution in [0.5, 0.6) is 0 Å². The number of hydrogen-bond acceptors (Lipinski definition) is 4. The van der Waals surface area contributed by atoms with Gasteiger partial charge in [-0.1, -0.05) is 42.1 Å². The number of fused-ring (bicyclic) bond motifs is 1. The third-order valence-corrected chi connectivity index (χ3v) is 5.01. The minimum absolute atomic E-state index is 0.166. The summed E-state index contributed by atoms with van der Waals surface area (Å²) in [6, 6.07) is 14.0. The summed E-state index contributed by atoms with van der Waals surface area (Å²) in [6.45, 7) is 0. The van der Waals surface area contributed by atoms with Crippen molar-refractivity contribution in [2.45, 2.75) is 23.8 Å². The van der Waals surface area contributed by atoms with Crippen LogP contribution in [-0.4, -0.2) is 21.6 Å². The highest BCUT2D eigenvalue weighted by Crippen LogP contribution is 2.39. The van der Waals surface area contributed by atoms with Crippen LogP contribution in [0, 0.1) is 5.82 Å². The molecule has 4 nitrogen and oxygen atoms in total. The van der Waals surface area contributed by atoms with Crippen LogP contribution in [0.1, 0.15) is 24.6 Å². The van der Waals surface area contributed by atoms with Gasteiger partial charge >= 0.3 is 0 Å². The third-order valence-electron chi connectivity index (χ3n) is 4.02. The first-order valence-corrected chi connectivity index (χ1v) is 9.13. The summed E-state index contributed by atoms with van der Waals surface area (Å²) >= 11 is 1.36. The molecule has 1 aromatic heterocycles. The lowest BCUT2D eigenvalue weighted by Gasteiger charge is -2.09. The quantitative estimate of drug-likeness (QED) is 0.546. The zero-order valence-electron chi connectivity index (χ0n) is 13.4. The predicted molar refractivity (Wildman–Crippen MR) is 97.3 cm³/mol. The maximum absolute atomic E-state index is 13.6. The number of anilines is 1. The summed E-state index contributed by atoms with van der Waals surface area (Å²) in [6.07, 6.45) is 2.24.